The molecule has 1 aliphatic heterocycles. The third kappa shape index (κ3) is 2.43. The van der Waals surface area contributed by atoms with Gasteiger partial charge in [-0.1, -0.05) is 20.8 Å². The van der Waals surface area contributed by atoms with Crippen LogP contribution >= 0.6 is 0 Å². The lowest BCUT2D eigenvalue weighted by atomic mass is 9.90. The largest absolute Gasteiger partial charge is 0.486 e. The fraction of sp³-hybridized carbons (Fsp3) is 0.583. The molecule has 0 radical (unpaired) electrons. The van der Waals surface area contributed by atoms with Crippen LogP contribution in [0.15, 0.2) is 11.1 Å². The van der Waals surface area contributed by atoms with Crippen LogP contribution in [0.2, 0.25) is 0 Å². The van der Waals surface area contributed by atoms with E-state index in [9.17, 15) is 8.42 Å². The molecule has 5 nitrogen and oxygen atoms in total. The molecule has 2 heterocycles. The highest BCUT2D eigenvalue weighted by Crippen LogP contribution is 2.40. The predicted molar refractivity (Wildman–Crippen MR) is 67.0 cm³/mol. The zero-order valence-corrected chi connectivity index (χ0v) is 11.8. The average Bonchev–Trinajstić information content (AvgIpc) is 2.25. The minimum Gasteiger partial charge on any atom is -0.486 e. The van der Waals surface area contributed by atoms with Crippen LogP contribution in [0.1, 0.15) is 26.5 Å². The summed E-state index contributed by atoms with van der Waals surface area (Å²) in [6, 6.07) is 1.43. The number of rotatable bonds is 1. The number of ether oxygens (including phenoxy) is 2. The molecule has 1 aliphatic rings. The van der Waals surface area contributed by atoms with Crippen molar-refractivity contribution in [3.8, 4) is 11.5 Å². The maximum atomic E-state index is 11.6. The smallest absolute Gasteiger partial charge is 0.192 e. The van der Waals surface area contributed by atoms with Crippen molar-refractivity contribution in [3.63, 3.8) is 0 Å². The van der Waals surface area contributed by atoms with Gasteiger partial charge in [-0.15, -0.1) is 0 Å². The van der Waals surface area contributed by atoms with E-state index in [1.165, 1.54) is 6.07 Å². The number of nitrogens with zero attached hydrogens (tertiary/aromatic N) is 1. The van der Waals surface area contributed by atoms with Gasteiger partial charge in [-0.2, -0.15) is 0 Å². The highest BCUT2D eigenvalue weighted by molar-refractivity contribution is 7.90. The van der Waals surface area contributed by atoms with Gasteiger partial charge >= 0.3 is 0 Å². The summed E-state index contributed by atoms with van der Waals surface area (Å²) in [6.07, 6.45) is 1.14. The normalized spacial score (nSPS) is 15.6. The first-order valence-electron chi connectivity index (χ1n) is 5.71. The molecule has 6 heteroatoms. The van der Waals surface area contributed by atoms with Crippen LogP contribution < -0.4 is 9.47 Å². The van der Waals surface area contributed by atoms with Crippen LogP contribution in [0.3, 0.4) is 0 Å². The minimum absolute atomic E-state index is 0.0247. The molecule has 0 saturated heterocycles. The van der Waals surface area contributed by atoms with Gasteiger partial charge in [-0.25, -0.2) is 13.4 Å². The zero-order chi connectivity index (χ0) is 13.6. The lowest BCUT2D eigenvalue weighted by molar-refractivity contribution is 0.165. The second kappa shape index (κ2) is 4.12. The summed E-state index contributed by atoms with van der Waals surface area (Å²) >= 11 is 0. The predicted octanol–water partition coefficient (Wildman–Crippen LogP) is 1.55. The molecule has 0 amide bonds. The molecule has 0 fully saturated rings. The zero-order valence-electron chi connectivity index (χ0n) is 11.0. The second-order valence-corrected chi connectivity index (χ2v) is 7.32. The van der Waals surface area contributed by atoms with E-state index in [0.717, 1.165) is 6.26 Å². The molecule has 0 saturated carbocycles. The first-order chi connectivity index (χ1) is 8.19. The van der Waals surface area contributed by atoms with Crippen molar-refractivity contribution < 1.29 is 17.9 Å². The van der Waals surface area contributed by atoms with Crippen LogP contribution in [0, 0.1) is 0 Å². The summed E-state index contributed by atoms with van der Waals surface area (Å²) in [4.78, 5) is 4.24. The standard InChI is InChI=1S/C12H17NO4S/c1-12(2,3)11-10-8(16-5-6-17-10)7-9(13-11)18(4,14)15/h7H,5-6H2,1-4H3. The monoisotopic (exact) mass is 271 g/mol. The van der Waals surface area contributed by atoms with Gasteiger partial charge in [-0.3, -0.25) is 0 Å². The number of hydrogen-bond donors (Lipinski definition) is 0. The van der Waals surface area contributed by atoms with Gasteiger partial charge in [0.1, 0.15) is 13.2 Å². The Morgan fingerprint density at radius 3 is 2.39 bits per heavy atom. The fourth-order valence-corrected chi connectivity index (χ4v) is 2.31. The second-order valence-electron chi connectivity index (χ2n) is 5.36. The quantitative estimate of drug-likeness (QED) is 0.775. The van der Waals surface area contributed by atoms with Gasteiger partial charge in [0.2, 0.25) is 0 Å². The number of aromatic nitrogens is 1. The Labute approximate surface area is 107 Å². The molecular formula is C12H17NO4S. The van der Waals surface area contributed by atoms with Crippen molar-refractivity contribution in [1.29, 1.82) is 0 Å². The minimum atomic E-state index is -3.37. The van der Waals surface area contributed by atoms with Gasteiger partial charge in [0.15, 0.2) is 26.4 Å². The van der Waals surface area contributed by atoms with Crippen molar-refractivity contribution in [2.24, 2.45) is 0 Å². The lowest BCUT2D eigenvalue weighted by Gasteiger charge is -2.26. The number of hydrogen-bond acceptors (Lipinski definition) is 5. The molecule has 100 valence electrons. The molecule has 18 heavy (non-hydrogen) atoms. The summed E-state index contributed by atoms with van der Waals surface area (Å²) < 4.78 is 34.3. The van der Waals surface area contributed by atoms with Crippen molar-refractivity contribution in [2.45, 2.75) is 31.2 Å². The molecule has 0 aliphatic carbocycles. The molecule has 0 N–H and O–H groups in total. The van der Waals surface area contributed by atoms with Gasteiger partial charge in [0.25, 0.3) is 0 Å². The molecule has 0 atom stereocenters. The molecule has 0 unspecified atom stereocenters. The van der Waals surface area contributed by atoms with Gasteiger partial charge in [0.05, 0.1) is 5.69 Å². The Morgan fingerprint density at radius 2 is 1.83 bits per heavy atom. The molecule has 0 bridgehead atoms. The number of pyridine rings is 1. The SMILES string of the molecule is CC(C)(C)c1nc(S(C)(=O)=O)cc2c1OCCO2. The average molecular weight is 271 g/mol. The van der Waals surface area contributed by atoms with Crippen LogP contribution in [0.4, 0.5) is 0 Å². The first kappa shape index (κ1) is 13.1. The molecule has 0 aromatic carbocycles. The van der Waals surface area contributed by atoms with E-state index >= 15 is 0 Å². The molecule has 1 aromatic heterocycles. The molecular weight excluding hydrogens is 254 g/mol. The number of fused-ring (bicyclic) bond motifs is 1. The third-order valence-electron chi connectivity index (χ3n) is 2.59. The maximum Gasteiger partial charge on any atom is 0.192 e. The highest BCUT2D eigenvalue weighted by Gasteiger charge is 2.29. The van der Waals surface area contributed by atoms with Crippen molar-refractivity contribution in [1.82, 2.24) is 4.98 Å². The van der Waals surface area contributed by atoms with E-state index in [1.807, 2.05) is 20.8 Å². The Balaban J connectivity index is 2.70. The first-order valence-corrected chi connectivity index (χ1v) is 7.60. The van der Waals surface area contributed by atoms with E-state index in [2.05, 4.69) is 4.98 Å². The molecule has 2 rings (SSSR count). The van der Waals surface area contributed by atoms with E-state index in [4.69, 9.17) is 9.47 Å². The maximum absolute atomic E-state index is 11.6. The third-order valence-corrected chi connectivity index (χ3v) is 3.56. The van der Waals surface area contributed by atoms with E-state index in [0.29, 0.717) is 30.4 Å². The molecule has 1 aromatic rings. The van der Waals surface area contributed by atoms with Crippen molar-refractivity contribution in [2.75, 3.05) is 19.5 Å². The summed E-state index contributed by atoms with van der Waals surface area (Å²) in [5.41, 5.74) is 0.297. The molecule has 0 spiro atoms. The van der Waals surface area contributed by atoms with E-state index < -0.39 is 9.84 Å². The van der Waals surface area contributed by atoms with E-state index in [-0.39, 0.29) is 10.4 Å². The van der Waals surface area contributed by atoms with Crippen LogP contribution in [0.5, 0.6) is 11.5 Å². The summed E-state index contributed by atoms with van der Waals surface area (Å²) in [7, 11) is -3.37. The number of sulfone groups is 1. The Bertz CT molecular complexity index is 572. The van der Waals surface area contributed by atoms with Crippen molar-refractivity contribution >= 4 is 9.84 Å². The Kier molecular flexibility index (Phi) is 3.01. The van der Waals surface area contributed by atoms with Gasteiger partial charge in [0, 0.05) is 17.7 Å². The Hall–Kier alpha value is -1.30. The highest BCUT2D eigenvalue weighted by atomic mass is 32.2. The van der Waals surface area contributed by atoms with Gasteiger partial charge in [-0.05, 0) is 0 Å². The Morgan fingerprint density at radius 1 is 1.22 bits per heavy atom. The topological polar surface area (TPSA) is 65.5 Å². The summed E-state index contributed by atoms with van der Waals surface area (Å²) in [6.45, 7) is 6.75. The van der Waals surface area contributed by atoms with Gasteiger partial charge < -0.3 is 9.47 Å². The summed E-state index contributed by atoms with van der Waals surface area (Å²) in [5.74, 6) is 1.02. The fourth-order valence-electron chi connectivity index (χ4n) is 1.73. The van der Waals surface area contributed by atoms with Crippen molar-refractivity contribution in [3.05, 3.63) is 11.8 Å². The van der Waals surface area contributed by atoms with E-state index in [1.54, 1.807) is 0 Å². The van der Waals surface area contributed by atoms with Crippen LogP contribution in [-0.4, -0.2) is 32.9 Å². The summed E-state index contributed by atoms with van der Waals surface area (Å²) in [5, 5.41) is 0.0247. The van der Waals surface area contributed by atoms with Crippen LogP contribution in [0.25, 0.3) is 0 Å². The lowest BCUT2D eigenvalue weighted by Crippen LogP contribution is -2.23. The van der Waals surface area contributed by atoms with Crippen LogP contribution in [-0.2, 0) is 15.3 Å².